The van der Waals surface area contributed by atoms with Crippen LogP contribution in [0.5, 0.6) is 0 Å². The molecule has 0 spiro atoms. The van der Waals surface area contributed by atoms with Crippen molar-refractivity contribution in [1.82, 2.24) is 9.78 Å². The van der Waals surface area contributed by atoms with Crippen LogP contribution in [0.2, 0.25) is 0 Å². The first-order valence-electron chi connectivity index (χ1n) is 6.82. The van der Waals surface area contributed by atoms with Crippen LogP contribution >= 0.6 is 0 Å². The van der Waals surface area contributed by atoms with Gasteiger partial charge in [-0.05, 0) is 49.4 Å². The molecule has 5 heteroatoms. The molecular formula is C17H14FN3O. The third kappa shape index (κ3) is 2.88. The molecule has 0 aliphatic rings. The molecule has 1 heterocycles. The number of aromatic nitrogens is 2. The maximum atomic E-state index is 13.0. The quantitative estimate of drug-likeness (QED) is 0.803. The number of benzene rings is 2. The molecule has 3 rings (SSSR count). The van der Waals surface area contributed by atoms with E-state index in [9.17, 15) is 9.18 Å². The number of nitrogens with one attached hydrogen (secondary N) is 1. The van der Waals surface area contributed by atoms with E-state index in [1.165, 1.54) is 12.1 Å². The summed E-state index contributed by atoms with van der Waals surface area (Å²) >= 11 is 0. The summed E-state index contributed by atoms with van der Waals surface area (Å²) in [6.45, 7) is 1.84. The lowest BCUT2D eigenvalue weighted by atomic mass is 10.3. The van der Waals surface area contributed by atoms with Crippen molar-refractivity contribution in [2.75, 3.05) is 5.32 Å². The number of hydrogen-bond donors (Lipinski definition) is 1. The molecule has 2 aromatic carbocycles. The number of para-hydroxylation sites is 1. The zero-order valence-electron chi connectivity index (χ0n) is 12.0. The molecule has 0 radical (unpaired) electrons. The Labute approximate surface area is 127 Å². The highest BCUT2D eigenvalue weighted by atomic mass is 19.1. The minimum Gasteiger partial charge on any atom is -0.321 e. The molecule has 3 aromatic rings. The molecule has 0 saturated heterocycles. The fourth-order valence-corrected chi connectivity index (χ4v) is 2.15. The first-order valence-corrected chi connectivity index (χ1v) is 6.82. The fourth-order valence-electron chi connectivity index (χ4n) is 2.15. The Kier molecular flexibility index (Phi) is 3.70. The standard InChI is InChI=1S/C17H14FN3O/c1-12-11-16(17(22)19-14-5-3-2-4-6-14)20-21(12)15-9-7-13(18)8-10-15/h2-11H,1H3,(H,19,22). The van der Waals surface area contributed by atoms with Gasteiger partial charge in [-0.2, -0.15) is 5.10 Å². The normalized spacial score (nSPS) is 10.5. The Morgan fingerprint density at radius 3 is 2.45 bits per heavy atom. The molecule has 0 fully saturated rings. The van der Waals surface area contributed by atoms with Crippen LogP contribution in [0.1, 0.15) is 16.2 Å². The number of amides is 1. The highest BCUT2D eigenvalue weighted by Crippen LogP contribution is 2.14. The molecule has 1 N–H and O–H groups in total. The second kappa shape index (κ2) is 5.81. The van der Waals surface area contributed by atoms with Gasteiger partial charge in [-0.3, -0.25) is 4.79 Å². The minimum absolute atomic E-state index is 0.282. The van der Waals surface area contributed by atoms with Gasteiger partial charge in [0.1, 0.15) is 5.82 Å². The summed E-state index contributed by atoms with van der Waals surface area (Å²) in [4.78, 5) is 12.2. The predicted octanol–water partition coefficient (Wildman–Crippen LogP) is 3.57. The lowest BCUT2D eigenvalue weighted by Crippen LogP contribution is -2.13. The minimum atomic E-state index is -0.310. The van der Waals surface area contributed by atoms with Crippen LogP contribution in [0.15, 0.2) is 60.7 Å². The van der Waals surface area contributed by atoms with Crippen LogP contribution in [0.3, 0.4) is 0 Å². The monoisotopic (exact) mass is 295 g/mol. The Hall–Kier alpha value is -2.95. The second-order valence-corrected chi connectivity index (χ2v) is 4.88. The second-order valence-electron chi connectivity index (χ2n) is 4.88. The van der Waals surface area contributed by atoms with E-state index < -0.39 is 0 Å². The molecule has 1 amide bonds. The average molecular weight is 295 g/mol. The van der Waals surface area contributed by atoms with Crippen molar-refractivity contribution in [3.8, 4) is 5.69 Å². The van der Waals surface area contributed by atoms with Crippen molar-refractivity contribution in [3.05, 3.63) is 77.9 Å². The fraction of sp³-hybridized carbons (Fsp3) is 0.0588. The first-order chi connectivity index (χ1) is 10.6. The number of carbonyl (C=O) groups is 1. The van der Waals surface area contributed by atoms with Gasteiger partial charge in [0.05, 0.1) is 5.69 Å². The van der Waals surface area contributed by atoms with Crippen molar-refractivity contribution >= 4 is 11.6 Å². The molecule has 1 aromatic heterocycles. The van der Waals surface area contributed by atoms with Gasteiger partial charge in [0, 0.05) is 11.4 Å². The SMILES string of the molecule is Cc1cc(C(=O)Nc2ccccc2)nn1-c1ccc(F)cc1. The molecule has 0 saturated carbocycles. The van der Waals surface area contributed by atoms with Gasteiger partial charge in [-0.1, -0.05) is 18.2 Å². The summed E-state index contributed by atoms with van der Waals surface area (Å²) in [6.07, 6.45) is 0. The smallest absolute Gasteiger partial charge is 0.276 e. The lowest BCUT2D eigenvalue weighted by molar-refractivity contribution is 0.102. The molecule has 0 atom stereocenters. The molecule has 0 aliphatic carbocycles. The summed E-state index contributed by atoms with van der Waals surface area (Å²) in [7, 11) is 0. The molecule has 0 bridgehead atoms. The molecule has 0 aliphatic heterocycles. The number of halogens is 1. The van der Waals surface area contributed by atoms with E-state index in [2.05, 4.69) is 10.4 Å². The Morgan fingerprint density at radius 2 is 1.77 bits per heavy atom. The number of anilines is 1. The summed E-state index contributed by atoms with van der Waals surface area (Å²) in [6, 6.07) is 16.8. The van der Waals surface area contributed by atoms with Crippen LogP contribution in [0.25, 0.3) is 5.69 Å². The van der Waals surface area contributed by atoms with E-state index in [-0.39, 0.29) is 11.7 Å². The van der Waals surface area contributed by atoms with Crippen molar-refractivity contribution in [2.24, 2.45) is 0 Å². The van der Waals surface area contributed by atoms with Crippen molar-refractivity contribution in [1.29, 1.82) is 0 Å². The maximum absolute atomic E-state index is 13.0. The Balaban J connectivity index is 1.85. The third-order valence-corrected chi connectivity index (χ3v) is 3.22. The largest absolute Gasteiger partial charge is 0.321 e. The van der Waals surface area contributed by atoms with E-state index in [0.717, 1.165) is 5.69 Å². The van der Waals surface area contributed by atoms with Gasteiger partial charge in [0.2, 0.25) is 0 Å². The van der Waals surface area contributed by atoms with Crippen molar-refractivity contribution in [3.63, 3.8) is 0 Å². The molecular weight excluding hydrogens is 281 g/mol. The zero-order valence-corrected chi connectivity index (χ0v) is 12.0. The summed E-state index contributed by atoms with van der Waals surface area (Å²) in [5.41, 5.74) is 2.52. The zero-order chi connectivity index (χ0) is 15.5. The molecule has 22 heavy (non-hydrogen) atoms. The third-order valence-electron chi connectivity index (χ3n) is 3.22. The van der Waals surface area contributed by atoms with Gasteiger partial charge in [0.15, 0.2) is 5.69 Å². The predicted molar refractivity (Wildman–Crippen MR) is 82.7 cm³/mol. The molecule has 4 nitrogen and oxygen atoms in total. The van der Waals surface area contributed by atoms with E-state index in [1.54, 1.807) is 22.9 Å². The van der Waals surface area contributed by atoms with Gasteiger partial charge in [0.25, 0.3) is 5.91 Å². The summed E-state index contributed by atoms with van der Waals surface area (Å²) < 4.78 is 14.6. The van der Waals surface area contributed by atoms with Crippen LogP contribution in [0, 0.1) is 12.7 Å². The van der Waals surface area contributed by atoms with Gasteiger partial charge < -0.3 is 5.32 Å². The average Bonchev–Trinajstić information content (AvgIpc) is 2.91. The summed E-state index contributed by atoms with van der Waals surface area (Å²) in [5, 5.41) is 7.07. The van der Waals surface area contributed by atoms with Crippen molar-refractivity contribution < 1.29 is 9.18 Å². The van der Waals surface area contributed by atoms with Crippen LogP contribution in [-0.2, 0) is 0 Å². The maximum Gasteiger partial charge on any atom is 0.276 e. The highest BCUT2D eigenvalue weighted by Gasteiger charge is 2.13. The van der Waals surface area contributed by atoms with Gasteiger partial charge in [-0.25, -0.2) is 9.07 Å². The van der Waals surface area contributed by atoms with E-state index in [4.69, 9.17) is 0 Å². The van der Waals surface area contributed by atoms with Crippen molar-refractivity contribution in [2.45, 2.75) is 6.92 Å². The number of rotatable bonds is 3. The van der Waals surface area contributed by atoms with Crippen LogP contribution < -0.4 is 5.32 Å². The van der Waals surface area contributed by atoms with E-state index >= 15 is 0 Å². The van der Waals surface area contributed by atoms with Gasteiger partial charge in [-0.15, -0.1) is 0 Å². The van der Waals surface area contributed by atoms with Crippen LogP contribution in [0.4, 0.5) is 10.1 Å². The number of aryl methyl sites for hydroxylation is 1. The lowest BCUT2D eigenvalue weighted by Gasteiger charge is -2.04. The Morgan fingerprint density at radius 1 is 1.09 bits per heavy atom. The first kappa shape index (κ1) is 14.0. The Bertz CT molecular complexity index is 795. The number of carbonyl (C=O) groups excluding carboxylic acids is 1. The van der Waals surface area contributed by atoms with Crippen LogP contribution in [-0.4, -0.2) is 15.7 Å². The molecule has 110 valence electrons. The van der Waals surface area contributed by atoms with E-state index in [0.29, 0.717) is 17.1 Å². The highest BCUT2D eigenvalue weighted by molar-refractivity contribution is 6.02. The number of nitrogens with zero attached hydrogens (tertiary/aromatic N) is 2. The number of hydrogen-bond acceptors (Lipinski definition) is 2. The topological polar surface area (TPSA) is 46.9 Å². The van der Waals surface area contributed by atoms with E-state index in [1.807, 2.05) is 37.3 Å². The molecule has 0 unspecified atom stereocenters. The van der Waals surface area contributed by atoms with Gasteiger partial charge >= 0.3 is 0 Å². The summed E-state index contributed by atoms with van der Waals surface area (Å²) in [5.74, 6) is -0.592.